The number of hydrogen-bond acceptors (Lipinski definition) is 3. The van der Waals surface area contributed by atoms with Gasteiger partial charge in [-0.3, -0.25) is 0 Å². The first-order chi connectivity index (χ1) is 10.7. The lowest BCUT2D eigenvalue weighted by molar-refractivity contribution is 0.691. The highest BCUT2D eigenvalue weighted by Crippen LogP contribution is 2.34. The molecule has 0 bridgehead atoms. The molecule has 4 heteroatoms. The fourth-order valence-electron chi connectivity index (χ4n) is 3.47. The highest BCUT2D eigenvalue weighted by Gasteiger charge is 2.31. The zero-order chi connectivity index (χ0) is 15.1. The first-order valence-corrected chi connectivity index (χ1v) is 7.84. The molecule has 1 saturated heterocycles. The maximum atomic E-state index is 4.42. The van der Waals surface area contributed by atoms with E-state index in [2.05, 4.69) is 59.2 Å². The summed E-state index contributed by atoms with van der Waals surface area (Å²) < 4.78 is 1.94. The Bertz CT molecular complexity index is 790. The van der Waals surface area contributed by atoms with E-state index in [4.69, 9.17) is 0 Å². The van der Waals surface area contributed by atoms with Gasteiger partial charge in [-0.2, -0.15) is 9.61 Å². The van der Waals surface area contributed by atoms with Gasteiger partial charge in [-0.15, -0.1) is 0 Å². The Kier molecular flexibility index (Phi) is 3.10. The van der Waals surface area contributed by atoms with Crippen LogP contribution in [0.1, 0.15) is 30.4 Å². The summed E-state index contributed by atoms with van der Waals surface area (Å²) >= 11 is 0. The van der Waals surface area contributed by atoms with Gasteiger partial charge in [0.1, 0.15) is 5.82 Å². The number of nitrogens with zero attached hydrogens (tertiary/aromatic N) is 4. The molecule has 2 unspecified atom stereocenters. The SMILES string of the molecule is Cc1ccc(C2CC(C)N(c3ccnc4ccnn34)C2)cc1. The van der Waals surface area contributed by atoms with Crippen molar-refractivity contribution in [3.8, 4) is 0 Å². The van der Waals surface area contributed by atoms with Gasteiger partial charge in [0, 0.05) is 30.8 Å². The van der Waals surface area contributed by atoms with Gasteiger partial charge in [0.2, 0.25) is 0 Å². The van der Waals surface area contributed by atoms with Crippen LogP contribution >= 0.6 is 0 Å². The normalized spacial score (nSPS) is 21.6. The van der Waals surface area contributed by atoms with Crippen LogP contribution in [0.25, 0.3) is 5.65 Å². The zero-order valence-electron chi connectivity index (χ0n) is 13.0. The predicted octanol–water partition coefficient (Wildman–Crippen LogP) is 3.42. The quantitative estimate of drug-likeness (QED) is 0.725. The minimum absolute atomic E-state index is 0.501. The van der Waals surface area contributed by atoms with E-state index in [9.17, 15) is 0 Å². The highest BCUT2D eigenvalue weighted by molar-refractivity contribution is 5.51. The van der Waals surface area contributed by atoms with Crippen LogP contribution in [0.5, 0.6) is 0 Å². The number of rotatable bonds is 2. The molecule has 0 N–H and O–H groups in total. The van der Waals surface area contributed by atoms with Crippen molar-refractivity contribution in [1.29, 1.82) is 0 Å². The van der Waals surface area contributed by atoms with Gasteiger partial charge in [0.05, 0.1) is 6.20 Å². The molecule has 0 aliphatic carbocycles. The third kappa shape index (κ3) is 2.15. The summed E-state index contributed by atoms with van der Waals surface area (Å²) in [5.41, 5.74) is 3.66. The summed E-state index contributed by atoms with van der Waals surface area (Å²) in [6.07, 6.45) is 4.86. The number of anilines is 1. The lowest BCUT2D eigenvalue weighted by Gasteiger charge is -2.24. The molecule has 1 fully saturated rings. The van der Waals surface area contributed by atoms with Gasteiger partial charge in [-0.25, -0.2) is 4.98 Å². The first kappa shape index (κ1) is 13.3. The monoisotopic (exact) mass is 292 g/mol. The molecular weight excluding hydrogens is 272 g/mol. The summed E-state index contributed by atoms with van der Waals surface area (Å²) in [5, 5.41) is 4.42. The van der Waals surface area contributed by atoms with Crippen molar-refractivity contribution in [3.63, 3.8) is 0 Å². The molecule has 1 aliphatic rings. The predicted molar refractivity (Wildman–Crippen MR) is 88.3 cm³/mol. The minimum atomic E-state index is 0.501. The van der Waals surface area contributed by atoms with Crippen LogP contribution in [0.2, 0.25) is 0 Å². The van der Waals surface area contributed by atoms with E-state index in [1.54, 1.807) is 0 Å². The van der Waals surface area contributed by atoms with Crippen LogP contribution < -0.4 is 4.90 Å². The molecule has 0 saturated carbocycles. The molecule has 2 atom stereocenters. The number of hydrogen-bond donors (Lipinski definition) is 0. The second-order valence-corrected chi connectivity index (χ2v) is 6.25. The van der Waals surface area contributed by atoms with Crippen LogP contribution in [0.15, 0.2) is 48.8 Å². The van der Waals surface area contributed by atoms with E-state index in [0.717, 1.165) is 18.0 Å². The summed E-state index contributed by atoms with van der Waals surface area (Å²) in [7, 11) is 0. The Morgan fingerprint density at radius 2 is 1.86 bits per heavy atom. The minimum Gasteiger partial charge on any atom is -0.353 e. The molecule has 1 aromatic carbocycles. The second kappa shape index (κ2) is 5.13. The van der Waals surface area contributed by atoms with Gasteiger partial charge < -0.3 is 4.90 Å². The third-order valence-electron chi connectivity index (χ3n) is 4.69. The van der Waals surface area contributed by atoms with Crippen LogP contribution in [0.4, 0.5) is 5.82 Å². The van der Waals surface area contributed by atoms with Crippen molar-refractivity contribution in [3.05, 3.63) is 59.9 Å². The summed E-state index contributed by atoms with van der Waals surface area (Å²) in [5.74, 6) is 1.71. The van der Waals surface area contributed by atoms with E-state index in [-0.39, 0.29) is 0 Å². The molecule has 2 aromatic heterocycles. The van der Waals surface area contributed by atoms with Crippen molar-refractivity contribution in [1.82, 2.24) is 14.6 Å². The van der Waals surface area contributed by atoms with Crippen LogP contribution in [-0.4, -0.2) is 27.2 Å². The van der Waals surface area contributed by atoms with Gasteiger partial charge in [0.25, 0.3) is 0 Å². The average Bonchev–Trinajstić information content (AvgIpc) is 3.14. The van der Waals surface area contributed by atoms with Gasteiger partial charge in [-0.05, 0) is 31.9 Å². The fourth-order valence-corrected chi connectivity index (χ4v) is 3.47. The van der Waals surface area contributed by atoms with E-state index in [1.165, 1.54) is 17.5 Å². The molecule has 3 heterocycles. The molecule has 112 valence electrons. The molecule has 4 rings (SSSR count). The van der Waals surface area contributed by atoms with E-state index < -0.39 is 0 Å². The Labute approximate surface area is 130 Å². The van der Waals surface area contributed by atoms with E-state index >= 15 is 0 Å². The van der Waals surface area contributed by atoms with Gasteiger partial charge in [0.15, 0.2) is 5.65 Å². The van der Waals surface area contributed by atoms with Crippen LogP contribution in [0.3, 0.4) is 0 Å². The number of aryl methyl sites for hydroxylation is 1. The summed E-state index contributed by atoms with van der Waals surface area (Å²) in [6, 6.07) is 13.5. The Balaban J connectivity index is 1.66. The first-order valence-electron chi connectivity index (χ1n) is 7.84. The highest BCUT2D eigenvalue weighted by atomic mass is 15.4. The van der Waals surface area contributed by atoms with Gasteiger partial charge >= 0.3 is 0 Å². The Morgan fingerprint density at radius 3 is 2.68 bits per heavy atom. The number of fused-ring (bicyclic) bond motifs is 1. The molecule has 3 aromatic rings. The lowest BCUT2D eigenvalue weighted by Crippen LogP contribution is -2.28. The molecular formula is C18H20N4. The average molecular weight is 292 g/mol. The van der Waals surface area contributed by atoms with E-state index in [0.29, 0.717) is 12.0 Å². The molecule has 0 radical (unpaired) electrons. The number of aromatic nitrogens is 3. The molecule has 22 heavy (non-hydrogen) atoms. The second-order valence-electron chi connectivity index (χ2n) is 6.25. The number of benzene rings is 1. The van der Waals surface area contributed by atoms with Crippen molar-refractivity contribution >= 4 is 11.5 Å². The zero-order valence-corrected chi connectivity index (χ0v) is 13.0. The Morgan fingerprint density at radius 1 is 1.05 bits per heavy atom. The maximum Gasteiger partial charge on any atom is 0.157 e. The van der Waals surface area contributed by atoms with Crippen LogP contribution in [-0.2, 0) is 0 Å². The standard InChI is InChI=1S/C18H20N4/c1-13-3-5-15(6-4-13)16-11-14(2)21(12-16)18-8-9-19-17-7-10-20-22(17)18/h3-10,14,16H,11-12H2,1-2H3. The van der Waals surface area contributed by atoms with Gasteiger partial charge in [-0.1, -0.05) is 29.8 Å². The fraction of sp³-hybridized carbons (Fsp3) is 0.333. The van der Waals surface area contributed by atoms with Crippen molar-refractivity contribution in [2.24, 2.45) is 0 Å². The Hall–Kier alpha value is -2.36. The maximum absolute atomic E-state index is 4.42. The third-order valence-corrected chi connectivity index (χ3v) is 4.69. The van der Waals surface area contributed by atoms with E-state index in [1.807, 2.05) is 23.0 Å². The summed E-state index contributed by atoms with van der Waals surface area (Å²) in [6.45, 7) is 5.46. The van der Waals surface area contributed by atoms with Crippen molar-refractivity contribution < 1.29 is 0 Å². The molecule has 0 amide bonds. The van der Waals surface area contributed by atoms with Crippen LogP contribution in [0, 0.1) is 6.92 Å². The molecule has 4 nitrogen and oxygen atoms in total. The van der Waals surface area contributed by atoms with Crippen molar-refractivity contribution in [2.75, 3.05) is 11.4 Å². The smallest absolute Gasteiger partial charge is 0.157 e. The lowest BCUT2D eigenvalue weighted by atomic mass is 9.96. The topological polar surface area (TPSA) is 33.4 Å². The summed E-state index contributed by atoms with van der Waals surface area (Å²) in [4.78, 5) is 6.81. The largest absolute Gasteiger partial charge is 0.353 e. The van der Waals surface area contributed by atoms with Crippen molar-refractivity contribution in [2.45, 2.75) is 32.2 Å². The molecule has 1 aliphatic heterocycles. The molecule has 0 spiro atoms.